The standard InChI is InChI=1S/C23H24N2O7S/c1-3-23(21(26)27)12-20(33-15-17-6-10-19(31-2)11-7-17)13-24(23)22(28)32-14-16-4-8-18(9-5-16)25(29)30/h3-11,20H,1,12-15H2,2H3,(H,26,27). The summed E-state index contributed by atoms with van der Waals surface area (Å²) in [5.74, 6) is 0.230. The van der Waals surface area contributed by atoms with Crippen LogP contribution in [0.3, 0.4) is 0 Å². The maximum atomic E-state index is 12.8. The Kier molecular flexibility index (Phi) is 7.59. The van der Waals surface area contributed by atoms with E-state index < -0.39 is 22.5 Å². The van der Waals surface area contributed by atoms with Crippen LogP contribution in [0.1, 0.15) is 17.5 Å². The number of hydrogen-bond donors (Lipinski definition) is 1. The second-order valence-electron chi connectivity index (χ2n) is 7.51. The molecule has 1 N–H and O–H groups in total. The van der Waals surface area contributed by atoms with Crippen LogP contribution in [0.5, 0.6) is 5.75 Å². The molecule has 3 rings (SSSR count). The lowest BCUT2D eigenvalue weighted by molar-refractivity contribution is -0.384. The number of ether oxygens (including phenoxy) is 2. The molecule has 2 aromatic carbocycles. The number of benzene rings is 2. The molecule has 174 valence electrons. The summed E-state index contributed by atoms with van der Waals surface area (Å²) >= 11 is 1.56. The highest BCUT2D eigenvalue weighted by atomic mass is 32.2. The van der Waals surface area contributed by atoms with E-state index in [1.807, 2.05) is 24.3 Å². The minimum Gasteiger partial charge on any atom is -0.497 e. The Hall–Kier alpha value is -3.53. The van der Waals surface area contributed by atoms with Gasteiger partial charge in [0.15, 0.2) is 5.54 Å². The van der Waals surface area contributed by atoms with E-state index in [0.717, 1.165) is 11.3 Å². The Labute approximate surface area is 195 Å². The molecule has 2 aromatic rings. The highest BCUT2D eigenvalue weighted by molar-refractivity contribution is 7.99. The zero-order chi connectivity index (χ0) is 24.0. The van der Waals surface area contributed by atoms with Crippen molar-refractivity contribution in [2.24, 2.45) is 0 Å². The van der Waals surface area contributed by atoms with Gasteiger partial charge in [0, 0.05) is 29.7 Å². The van der Waals surface area contributed by atoms with Crippen LogP contribution in [0.4, 0.5) is 10.5 Å². The summed E-state index contributed by atoms with van der Waals surface area (Å²) in [6.45, 7) is 3.73. The van der Waals surface area contributed by atoms with Gasteiger partial charge in [-0.25, -0.2) is 9.59 Å². The van der Waals surface area contributed by atoms with Gasteiger partial charge in [0.2, 0.25) is 0 Å². The first-order valence-electron chi connectivity index (χ1n) is 10.1. The van der Waals surface area contributed by atoms with Crippen molar-refractivity contribution in [1.82, 2.24) is 4.90 Å². The normalized spacial score (nSPS) is 19.7. The number of carbonyl (C=O) groups is 2. The quantitative estimate of drug-likeness (QED) is 0.327. The van der Waals surface area contributed by atoms with Crippen LogP contribution in [0.25, 0.3) is 0 Å². The van der Waals surface area contributed by atoms with Crippen LogP contribution >= 0.6 is 11.8 Å². The van der Waals surface area contributed by atoms with Gasteiger partial charge < -0.3 is 14.6 Å². The third kappa shape index (κ3) is 5.46. The number of carbonyl (C=O) groups excluding carboxylic acids is 1. The molecule has 1 fully saturated rings. The Morgan fingerprint density at radius 3 is 2.42 bits per heavy atom. The molecule has 1 saturated heterocycles. The van der Waals surface area contributed by atoms with Gasteiger partial charge in [-0.3, -0.25) is 15.0 Å². The second kappa shape index (κ2) is 10.4. The Morgan fingerprint density at radius 1 is 1.24 bits per heavy atom. The van der Waals surface area contributed by atoms with E-state index in [-0.39, 0.29) is 30.5 Å². The monoisotopic (exact) mass is 472 g/mol. The van der Waals surface area contributed by atoms with Gasteiger partial charge >= 0.3 is 12.1 Å². The molecule has 10 heteroatoms. The molecule has 0 bridgehead atoms. The molecule has 0 radical (unpaired) electrons. The lowest BCUT2D eigenvalue weighted by atomic mass is 9.97. The van der Waals surface area contributed by atoms with Crippen LogP contribution < -0.4 is 4.74 Å². The summed E-state index contributed by atoms with van der Waals surface area (Å²) < 4.78 is 10.5. The van der Waals surface area contributed by atoms with Crippen molar-refractivity contribution in [3.8, 4) is 5.75 Å². The molecule has 2 unspecified atom stereocenters. The van der Waals surface area contributed by atoms with Gasteiger partial charge in [-0.1, -0.05) is 18.2 Å². The van der Waals surface area contributed by atoms with Crippen LogP contribution in [-0.2, 0) is 21.9 Å². The van der Waals surface area contributed by atoms with E-state index in [4.69, 9.17) is 9.47 Å². The van der Waals surface area contributed by atoms with Crippen molar-refractivity contribution in [2.75, 3.05) is 13.7 Å². The number of nitro benzene ring substituents is 1. The zero-order valence-corrected chi connectivity index (χ0v) is 18.8. The van der Waals surface area contributed by atoms with E-state index in [1.54, 1.807) is 18.9 Å². The van der Waals surface area contributed by atoms with Crippen LogP contribution in [0, 0.1) is 10.1 Å². The maximum absolute atomic E-state index is 12.8. The van der Waals surface area contributed by atoms with Gasteiger partial charge in [-0.15, -0.1) is 6.58 Å². The molecule has 2 atom stereocenters. The van der Waals surface area contributed by atoms with E-state index in [1.165, 1.54) is 35.2 Å². The fourth-order valence-electron chi connectivity index (χ4n) is 3.59. The number of non-ortho nitro benzene ring substituents is 1. The minimum absolute atomic E-state index is 0.0714. The van der Waals surface area contributed by atoms with Crippen molar-refractivity contribution in [3.05, 3.63) is 82.4 Å². The molecule has 0 aromatic heterocycles. The molecule has 9 nitrogen and oxygen atoms in total. The summed E-state index contributed by atoms with van der Waals surface area (Å²) in [5, 5.41) is 20.5. The fourth-order valence-corrected chi connectivity index (χ4v) is 4.84. The van der Waals surface area contributed by atoms with Crippen molar-refractivity contribution in [1.29, 1.82) is 0 Å². The number of nitrogens with zero attached hydrogens (tertiary/aromatic N) is 2. The van der Waals surface area contributed by atoms with Crippen molar-refractivity contribution in [3.63, 3.8) is 0 Å². The number of methoxy groups -OCH3 is 1. The molecular weight excluding hydrogens is 448 g/mol. The average molecular weight is 473 g/mol. The number of aliphatic carboxylic acids is 1. The number of nitro groups is 1. The summed E-state index contributed by atoms with van der Waals surface area (Å²) in [4.78, 5) is 36.4. The molecule has 0 aliphatic carbocycles. The molecule has 1 heterocycles. The third-order valence-electron chi connectivity index (χ3n) is 5.49. The van der Waals surface area contributed by atoms with Crippen LogP contribution in [0.15, 0.2) is 61.2 Å². The minimum atomic E-state index is -1.57. The largest absolute Gasteiger partial charge is 0.497 e. The number of rotatable bonds is 9. The van der Waals surface area contributed by atoms with Crippen molar-refractivity contribution in [2.45, 2.75) is 29.6 Å². The lowest BCUT2D eigenvalue weighted by Gasteiger charge is -2.30. The van der Waals surface area contributed by atoms with E-state index >= 15 is 0 Å². The van der Waals surface area contributed by atoms with Crippen LogP contribution in [0.2, 0.25) is 0 Å². The number of amides is 1. The number of hydrogen-bond acceptors (Lipinski definition) is 7. The topological polar surface area (TPSA) is 119 Å². The summed E-state index contributed by atoms with van der Waals surface area (Å²) in [6.07, 6.45) is 0.707. The molecule has 33 heavy (non-hydrogen) atoms. The fraction of sp³-hybridized carbons (Fsp3) is 0.304. The number of carboxylic acids is 1. The zero-order valence-electron chi connectivity index (χ0n) is 18.0. The van der Waals surface area contributed by atoms with E-state index in [9.17, 15) is 24.8 Å². The Bertz CT molecular complexity index is 1030. The number of carboxylic acid groups (broad SMARTS) is 1. The van der Waals surface area contributed by atoms with E-state index in [0.29, 0.717) is 11.3 Å². The average Bonchev–Trinajstić information content (AvgIpc) is 3.22. The predicted molar refractivity (Wildman–Crippen MR) is 123 cm³/mol. The maximum Gasteiger partial charge on any atom is 0.411 e. The molecule has 0 saturated carbocycles. The third-order valence-corrected chi connectivity index (χ3v) is 6.78. The lowest BCUT2D eigenvalue weighted by Crippen LogP contribution is -2.51. The van der Waals surface area contributed by atoms with Crippen molar-refractivity contribution >= 4 is 29.5 Å². The molecular formula is C23H24N2O7S. The van der Waals surface area contributed by atoms with Crippen molar-refractivity contribution < 1.29 is 29.1 Å². The molecule has 0 spiro atoms. The highest BCUT2D eigenvalue weighted by Crippen LogP contribution is 2.38. The predicted octanol–water partition coefficient (Wildman–Crippen LogP) is 4.26. The first kappa shape index (κ1) is 24.1. The number of thioether (sulfide) groups is 1. The second-order valence-corrected chi connectivity index (χ2v) is 8.80. The smallest absolute Gasteiger partial charge is 0.411 e. The first-order valence-corrected chi connectivity index (χ1v) is 11.1. The van der Waals surface area contributed by atoms with Gasteiger partial charge in [0.25, 0.3) is 5.69 Å². The molecule has 1 aliphatic rings. The van der Waals surface area contributed by atoms with Crippen LogP contribution in [-0.4, -0.2) is 51.4 Å². The first-order chi connectivity index (χ1) is 15.8. The Balaban J connectivity index is 1.66. The van der Waals surface area contributed by atoms with E-state index in [2.05, 4.69) is 6.58 Å². The summed E-state index contributed by atoms with van der Waals surface area (Å²) in [5.41, 5.74) is -0.0278. The summed E-state index contributed by atoms with van der Waals surface area (Å²) in [7, 11) is 1.60. The highest BCUT2D eigenvalue weighted by Gasteiger charge is 2.52. The summed E-state index contributed by atoms with van der Waals surface area (Å²) in [6, 6.07) is 13.2. The Morgan fingerprint density at radius 2 is 1.88 bits per heavy atom. The number of likely N-dealkylation sites (tertiary alicyclic amines) is 1. The molecule has 1 aliphatic heterocycles. The van der Waals surface area contributed by atoms with Gasteiger partial charge in [-0.2, -0.15) is 11.8 Å². The van der Waals surface area contributed by atoms with Gasteiger partial charge in [-0.05, 0) is 41.8 Å². The molecule has 1 amide bonds. The van der Waals surface area contributed by atoms with Gasteiger partial charge in [0.1, 0.15) is 12.4 Å². The van der Waals surface area contributed by atoms with Gasteiger partial charge in [0.05, 0.1) is 12.0 Å². The SMILES string of the molecule is C=CC1(C(=O)O)CC(SCc2ccc(OC)cc2)CN1C(=O)OCc1ccc([N+](=O)[O-])cc1.